The number of nitrogens with zero attached hydrogens (tertiary/aromatic N) is 3. The Morgan fingerprint density at radius 1 is 1.30 bits per heavy atom. The Kier molecular flexibility index (Phi) is 4.52. The van der Waals surface area contributed by atoms with Crippen LogP contribution in [0, 0.1) is 0 Å². The van der Waals surface area contributed by atoms with Crippen molar-refractivity contribution in [1.29, 1.82) is 0 Å². The predicted molar refractivity (Wildman–Crippen MR) is 77.7 cm³/mol. The lowest BCUT2D eigenvalue weighted by Crippen LogP contribution is -2.34. The van der Waals surface area contributed by atoms with Crippen LogP contribution in [0.15, 0.2) is 53.9 Å². The van der Waals surface area contributed by atoms with Crippen LogP contribution in [0.1, 0.15) is 11.1 Å². The lowest BCUT2D eigenvalue weighted by Gasteiger charge is -2.14. The van der Waals surface area contributed by atoms with Crippen LogP contribution in [0.4, 0.5) is 0 Å². The summed E-state index contributed by atoms with van der Waals surface area (Å²) in [5.74, 6) is 12.0. The van der Waals surface area contributed by atoms with Crippen LogP contribution < -0.4 is 16.4 Å². The minimum absolute atomic E-state index is 0.433. The number of benzene rings is 1. The molecule has 0 fully saturated rings. The van der Waals surface area contributed by atoms with E-state index in [-0.39, 0.29) is 0 Å². The first kappa shape index (κ1) is 13.8. The Morgan fingerprint density at radius 2 is 2.05 bits per heavy atom. The van der Waals surface area contributed by atoms with Crippen LogP contribution >= 0.6 is 0 Å². The minimum atomic E-state index is 0.433. The van der Waals surface area contributed by atoms with E-state index in [1.165, 1.54) is 5.01 Å². The first-order valence-electron chi connectivity index (χ1n) is 6.09. The second-order valence-corrected chi connectivity index (χ2v) is 4.25. The number of ether oxygens (including phenoxy) is 1. The van der Waals surface area contributed by atoms with Gasteiger partial charge in [0.2, 0.25) is 0 Å². The summed E-state index contributed by atoms with van der Waals surface area (Å²) in [7, 11) is 1.66. The van der Waals surface area contributed by atoms with Gasteiger partial charge in [-0.25, -0.2) is 5.84 Å². The number of hydrogen-bond donors (Lipinski definition) is 2. The number of hydrazone groups is 1. The lowest BCUT2D eigenvalue weighted by atomic mass is 10.2. The number of pyridine rings is 1. The van der Waals surface area contributed by atoms with Crippen molar-refractivity contribution in [3.8, 4) is 5.75 Å². The molecule has 0 atom stereocenters. The first-order chi connectivity index (χ1) is 9.70. The number of nitrogens with two attached hydrogens (primary N) is 2. The van der Waals surface area contributed by atoms with E-state index >= 15 is 0 Å². The van der Waals surface area contributed by atoms with Gasteiger partial charge < -0.3 is 10.6 Å². The molecule has 0 saturated heterocycles. The Morgan fingerprint density at radius 3 is 2.70 bits per heavy atom. The Bertz CT molecular complexity index is 583. The zero-order chi connectivity index (χ0) is 14.4. The summed E-state index contributed by atoms with van der Waals surface area (Å²) in [6.07, 6.45) is 3.27. The zero-order valence-corrected chi connectivity index (χ0v) is 11.2. The molecule has 0 spiro atoms. The summed E-state index contributed by atoms with van der Waals surface area (Å²) < 4.78 is 5.69. The molecule has 20 heavy (non-hydrogen) atoms. The average molecular weight is 271 g/mol. The number of hydrogen-bond acceptors (Lipinski definition) is 5. The SMILES string of the molecule is CN(N)/C(=N\N)c1cncc(OCc2ccccc2)c1. The molecule has 0 saturated carbocycles. The second-order valence-electron chi connectivity index (χ2n) is 4.25. The van der Waals surface area contributed by atoms with Crippen molar-refractivity contribution in [2.45, 2.75) is 6.61 Å². The third-order valence-electron chi connectivity index (χ3n) is 2.68. The standard InChI is InChI=1S/C14H17N5O/c1-19(16)14(18-15)12-7-13(9-17-8-12)20-10-11-5-3-2-4-6-11/h2-9H,10,15-16H2,1H3/b18-14-. The third-order valence-corrected chi connectivity index (χ3v) is 2.68. The maximum absolute atomic E-state index is 5.69. The summed E-state index contributed by atoms with van der Waals surface area (Å²) >= 11 is 0. The molecule has 1 aromatic carbocycles. The second kappa shape index (κ2) is 6.53. The predicted octanol–water partition coefficient (Wildman–Crippen LogP) is 1.09. The van der Waals surface area contributed by atoms with Gasteiger partial charge in [-0.15, -0.1) is 0 Å². The Balaban J connectivity index is 2.10. The van der Waals surface area contributed by atoms with Crippen LogP contribution in [0.5, 0.6) is 5.75 Å². The molecule has 104 valence electrons. The van der Waals surface area contributed by atoms with E-state index in [1.807, 2.05) is 30.3 Å². The molecule has 0 aliphatic heterocycles. The van der Waals surface area contributed by atoms with Gasteiger partial charge in [-0.05, 0) is 11.6 Å². The molecular formula is C14H17N5O. The van der Waals surface area contributed by atoms with E-state index in [1.54, 1.807) is 25.5 Å². The fourth-order valence-corrected chi connectivity index (χ4v) is 1.73. The average Bonchev–Trinajstić information content (AvgIpc) is 2.47. The highest BCUT2D eigenvalue weighted by Gasteiger charge is 2.08. The quantitative estimate of drug-likeness (QED) is 0.376. The van der Waals surface area contributed by atoms with E-state index in [0.717, 1.165) is 5.56 Å². The molecule has 0 aliphatic rings. The van der Waals surface area contributed by atoms with Crippen molar-refractivity contribution < 1.29 is 4.74 Å². The van der Waals surface area contributed by atoms with Gasteiger partial charge in [-0.2, -0.15) is 5.10 Å². The van der Waals surface area contributed by atoms with E-state index in [9.17, 15) is 0 Å². The van der Waals surface area contributed by atoms with Crippen molar-refractivity contribution in [3.05, 3.63) is 59.9 Å². The number of rotatable bonds is 4. The number of hydrazine groups is 1. The van der Waals surface area contributed by atoms with Crippen molar-refractivity contribution in [1.82, 2.24) is 9.99 Å². The first-order valence-corrected chi connectivity index (χ1v) is 6.09. The maximum Gasteiger partial charge on any atom is 0.170 e. The normalized spacial score (nSPS) is 11.2. The molecule has 1 heterocycles. The van der Waals surface area contributed by atoms with Crippen LogP contribution in [0.3, 0.4) is 0 Å². The van der Waals surface area contributed by atoms with Gasteiger partial charge in [0.15, 0.2) is 5.84 Å². The van der Waals surface area contributed by atoms with Crippen LogP contribution in [0.2, 0.25) is 0 Å². The molecule has 0 unspecified atom stereocenters. The van der Waals surface area contributed by atoms with Crippen molar-refractivity contribution >= 4 is 5.84 Å². The largest absolute Gasteiger partial charge is 0.487 e. The molecule has 2 aromatic rings. The van der Waals surface area contributed by atoms with Gasteiger partial charge in [-0.3, -0.25) is 9.99 Å². The maximum atomic E-state index is 5.69. The summed E-state index contributed by atoms with van der Waals surface area (Å²) in [5, 5.41) is 4.97. The molecule has 0 bridgehead atoms. The van der Waals surface area contributed by atoms with Crippen molar-refractivity contribution in [3.63, 3.8) is 0 Å². The zero-order valence-electron chi connectivity index (χ0n) is 11.2. The van der Waals surface area contributed by atoms with Crippen LogP contribution in [-0.2, 0) is 6.61 Å². The lowest BCUT2D eigenvalue weighted by molar-refractivity contribution is 0.305. The summed E-state index contributed by atoms with van der Waals surface area (Å²) in [6.45, 7) is 0.472. The van der Waals surface area contributed by atoms with Gasteiger partial charge in [0.25, 0.3) is 0 Å². The molecule has 4 N–H and O–H groups in total. The van der Waals surface area contributed by atoms with E-state index in [0.29, 0.717) is 23.8 Å². The van der Waals surface area contributed by atoms with Gasteiger partial charge in [0, 0.05) is 18.8 Å². The summed E-state index contributed by atoms with van der Waals surface area (Å²) in [6, 6.07) is 11.7. The Labute approximate surface area is 117 Å². The van der Waals surface area contributed by atoms with E-state index in [4.69, 9.17) is 16.4 Å². The highest BCUT2D eigenvalue weighted by Crippen LogP contribution is 2.14. The van der Waals surface area contributed by atoms with Crippen LogP contribution in [0.25, 0.3) is 0 Å². The minimum Gasteiger partial charge on any atom is -0.487 e. The molecule has 6 heteroatoms. The molecule has 1 aromatic heterocycles. The van der Waals surface area contributed by atoms with Gasteiger partial charge in [-0.1, -0.05) is 30.3 Å². The molecule has 0 amide bonds. The molecule has 0 aliphatic carbocycles. The van der Waals surface area contributed by atoms with E-state index in [2.05, 4.69) is 10.1 Å². The smallest absolute Gasteiger partial charge is 0.170 e. The fraction of sp³-hybridized carbons (Fsp3) is 0.143. The monoisotopic (exact) mass is 271 g/mol. The molecule has 2 rings (SSSR count). The topological polar surface area (TPSA) is 89.8 Å². The molecular weight excluding hydrogens is 254 g/mol. The van der Waals surface area contributed by atoms with E-state index < -0.39 is 0 Å². The summed E-state index contributed by atoms with van der Waals surface area (Å²) in [4.78, 5) is 4.10. The molecule has 0 radical (unpaired) electrons. The highest BCUT2D eigenvalue weighted by atomic mass is 16.5. The summed E-state index contributed by atoms with van der Waals surface area (Å²) in [5.41, 5.74) is 1.78. The van der Waals surface area contributed by atoms with Crippen LogP contribution in [-0.4, -0.2) is 22.9 Å². The van der Waals surface area contributed by atoms with Gasteiger partial charge in [0.05, 0.1) is 6.20 Å². The third kappa shape index (κ3) is 3.46. The fourth-order valence-electron chi connectivity index (χ4n) is 1.73. The van der Waals surface area contributed by atoms with Gasteiger partial charge in [0.1, 0.15) is 12.4 Å². The van der Waals surface area contributed by atoms with Gasteiger partial charge >= 0.3 is 0 Å². The number of aromatic nitrogens is 1. The van der Waals surface area contributed by atoms with Crippen molar-refractivity contribution in [2.75, 3.05) is 7.05 Å². The number of amidine groups is 1. The Hall–Kier alpha value is -2.60. The molecule has 6 nitrogen and oxygen atoms in total. The van der Waals surface area contributed by atoms with Crippen molar-refractivity contribution in [2.24, 2.45) is 16.8 Å². The highest BCUT2D eigenvalue weighted by molar-refractivity contribution is 5.98.